The predicted molar refractivity (Wildman–Crippen MR) is 165 cm³/mol. The van der Waals surface area contributed by atoms with Crippen LogP contribution in [0, 0.1) is 82.2 Å². The van der Waals surface area contributed by atoms with Crippen molar-refractivity contribution in [1.29, 1.82) is 0 Å². The van der Waals surface area contributed by atoms with Crippen LogP contribution in [0.4, 0.5) is 5.82 Å². The number of nitrogens with one attached hydrogen (secondary N) is 3. The summed E-state index contributed by atoms with van der Waals surface area (Å²) >= 11 is 2.21. The molecular formula is C24H31B3La2N7O4S2-2. The monoisotopic (exact) mass is 856 g/mol. The summed E-state index contributed by atoms with van der Waals surface area (Å²) in [6.45, 7) is 11.2. The van der Waals surface area contributed by atoms with Crippen molar-refractivity contribution in [3.8, 4) is 0 Å². The summed E-state index contributed by atoms with van der Waals surface area (Å²) in [6.07, 6.45) is 4.08. The van der Waals surface area contributed by atoms with Crippen LogP contribution >= 0.6 is 22.7 Å². The molecular weight excluding hydrogens is 825 g/mol. The van der Waals surface area contributed by atoms with E-state index >= 15 is 0 Å². The van der Waals surface area contributed by atoms with Crippen molar-refractivity contribution in [3.63, 3.8) is 0 Å². The maximum Gasteiger partial charge on any atom is 0.255 e. The van der Waals surface area contributed by atoms with E-state index in [-0.39, 0.29) is 111 Å². The maximum absolute atomic E-state index is 12.0. The number of aromatic nitrogens is 3. The molecule has 0 atom stereocenters. The third-order valence-electron chi connectivity index (χ3n) is 3.97. The van der Waals surface area contributed by atoms with Gasteiger partial charge in [0.2, 0.25) is 5.91 Å². The quantitative estimate of drug-likeness (QED) is 0.0768. The van der Waals surface area contributed by atoms with E-state index in [1.807, 2.05) is 55.6 Å². The van der Waals surface area contributed by atoms with Crippen LogP contribution in [0.5, 0.6) is 0 Å². The average Bonchev–Trinajstić information content (AvgIpc) is 3.46. The molecule has 0 saturated carbocycles. The molecule has 3 rings (SSSR count). The van der Waals surface area contributed by atoms with Crippen molar-refractivity contribution in [3.05, 3.63) is 44.0 Å². The third-order valence-corrected chi connectivity index (χ3v) is 5.51. The molecule has 7 radical (unpaired) electrons. The van der Waals surface area contributed by atoms with Gasteiger partial charge in [0.05, 0.1) is 17.7 Å². The Labute approximate surface area is 313 Å². The van der Waals surface area contributed by atoms with E-state index in [0.717, 1.165) is 35.8 Å². The summed E-state index contributed by atoms with van der Waals surface area (Å²) in [5.74, 6) is -0.586. The SMILES string of the molecule is CC(C)(C)NC(=O)c1c[nH]c2n[c-]sc2c1=O.CN(C)C=Nc1n[c-]sc1/C(O)=C/C(=O)NC(C)(C)C.[B][B][B].[La].[La]. The third kappa shape index (κ3) is 16.2. The van der Waals surface area contributed by atoms with Gasteiger partial charge >= 0.3 is 0 Å². The van der Waals surface area contributed by atoms with Crippen LogP contribution in [0.3, 0.4) is 0 Å². The minimum absolute atomic E-state index is 0. The van der Waals surface area contributed by atoms with Crippen LogP contribution in [0.25, 0.3) is 16.1 Å². The van der Waals surface area contributed by atoms with Crippen LogP contribution in [-0.2, 0) is 4.79 Å². The van der Waals surface area contributed by atoms with Gasteiger partial charge in [0.25, 0.3) is 5.91 Å². The van der Waals surface area contributed by atoms with E-state index in [1.165, 1.54) is 6.20 Å². The number of carbonyl (C=O) groups excluding carboxylic acids is 2. The Morgan fingerprint density at radius 1 is 1.07 bits per heavy atom. The molecule has 3 aromatic heterocycles. The van der Waals surface area contributed by atoms with Gasteiger partial charge in [0.1, 0.15) is 5.43 Å². The zero-order valence-corrected chi connectivity index (χ0v) is 33.8. The van der Waals surface area contributed by atoms with Crippen molar-refractivity contribution in [1.82, 2.24) is 30.5 Å². The average molecular weight is 856 g/mol. The summed E-state index contributed by atoms with van der Waals surface area (Å²) < 4.78 is 0.423. The zero-order chi connectivity index (χ0) is 30.7. The fourth-order valence-corrected chi connectivity index (χ4v) is 3.81. The number of hydrogen-bond donors (Lipinski definition) is 4. The van der Waals surface area contributed by atoms with Crippen molar-refractivity contribution < 1.29 is 85.9 Å². The van der Waals surface area contributed by atoms with Gasteiger partial charge < -0.3 is 40.4 Å². The number of hydrogen-bond acceptors (Lipinski definition) is 9. The first-order valence-corrected chi connectivity index (χ1v) is 13.4. The topological polar surface area (TPSA) is 153 Å². The van der Waals surface area contributed by atoms with Crippen LogP contribution in [0.2, 0.25) is 0 Å². The molecule has 0 bridgehead atoms. The molecule has 42 heavy (non-hydrogen) atoms. The van der Waals surface area contributed by atoms with Crippen molar-refractivity contribution in [2.75, 3.05) is 14.1 Å². The zero-order valence-electron chi connectivity index (χ0n) is 24.9. The molecule has 0 saturated heterocycles. The first-order valence-electron chi connectivity index (χ1n) is 11.8. The molecule has 3 heterocycles. The number of aliphatic imine (C=N–C) groups is 1. The van der Waals surface area contributed by atoms with Crippen molar-refractivity contribution in [2.45, 2.75) is 52.6 Å². The Kier molecular flexibility index (Phi) is 20.7. The smallest absolute Gasteiger partial charge is 0.255 e. The van der Waals surface area contributed by atoms with E-state index in [4.69, 9.17) is 0 Å². The molecule has 0 fully saturated rings. The normalized spacial score (nSPS) is 11.1. The summed E-state index contributed by atoms with van der Waals surface area (Å²) in [5.41, 5.74) is 4.80. The summed E-state index contributed by atoms with van der Waals surface area (Å²) in [5, 5.41) is 15.5. The Morgan fingerprint density at radius 2 is 1.62 bits per heavy atom. The molecule has 0 aromatic carbocycles. The van der Waals surface area contributed by atoms with E-state index in [2.05, 4.69) is 57.1 Å². The van der Waals surface area contributed by atoms with Crippen molar-refractivity contribution >= 4 is 85.3 Å². The predicted octanol–water partition coefficient (Wildman–Crippen LogP) is 2.15. The Bertz CT molecular complexity index is 1400. The van der Waals surface area contributed by atoms with E-state index < -0.39 is 0 Å². The molecule has 0 unspecified atom stereocenters. The molecule has 18 heteroatoms. The number of nitrogens with zero attached hydrogens (tertiary/aromatic N) is 4. The number of aromatic amines is 1. The first kappa shape index (κ1) is 43.1. The summed E-state index contributed by atoms with van der Waals surface area (Å²) in [4.78, 5) is 52.5. The van der Waals surface area contributed by atoms with Gasteiger partial charge in [-0.25, -0.2) is 0 Å². The molecule has 0 aliphatic heterocycles. The Balaban J connectivity index is 0. The standard InChI is InChI=1S/C13H19N4O2S.C11H12N3O2S.B3.2La/c1-13(2,3)16-10(19)6-9(18)11-12(15-8-20-11)14-7-17(4)5;1-11(2,3)14-10(16)6-4-12-9-8(7(6)15)17-5-13-9;1-3-2;;/h6-7,18H,1-5H3,(H,16,19);4H,1-3H3,(H,12,15)(H,14,16);;;/q2*-1;;;/b9-6-,14-7?;;;;. The number of H-pyrrole nitrogens is 1. The number of fused-ring (bicyclic) bond motifs is 1. The number of pyridine rings is 1. The molecule has 4 N–H and O–H groups in total. The molecule has 11 nitrogen and oxygen atoms in total. The first-order chi connectivity index (χ1) is 18.5. The van der Waals surface area contributed by atoms with Gasteiger partial charge in [-0.15, -0.1) is 0 Å². The Hall–Kier alpha value is -0.996. The van der Waals surface area contributed by atoms with Crippen LogP contribution in [-0.4, -0.2) is 90.8 Å². The molecule has 0 spiro atoms. The molecule has 0 aliphatic carbocycles. The number of rotatable bonds is 5. The molecule has 2 amide bonds. The number of aliphatic hydroxyl groups is 1. The van der Waals surface area contributed by atoms with Gasteiger partial charge in [0.15, 0.2) is 0 Å². The van der Waals surface area contributed by atoms with Gasteiger partial charge in [-0.2, -0.15) is 0 Å². The van der Waals surface area contributed by atoms with E-state index in [9.17, 15) is 19.5 Å². The number of amides is 2. The van der Waals surface area contributed by atoms with Gasteiger partial charge in [-0.05, 0) is 67.8 Å². The summed E-state index contributed by atoms with van der Waals surface area (Å²) in [6, 6.07) is 0. The minimum Gasteiger partial charge on any atom is -0.520 e. The second-order valence-electron chi connectivity index (χ2n) is 10.3. The molecule has 0 aliphatic rings. The van der Waals surface area contributed by atoms with Crippen LogP contribution in [0.1, 0.15) is 56.8 Å². The van der Waals surface area contributed by atoms with Gasteiger partial charge in [0, 0.05) is 137 Å². The van der Waals surface area contributed by atoms with E-state index in [0.29, 0.717) is 21.0 Å². The fourth-order valence-electron chi connectivity index (χ4n) is 2.60. The minimum atomic E-state index is -0.381. The van der Waals surface area contributed by atoms with Crippen molar-refractivity contribution in [2.24, 2.45) is 4.99 Å². The Morgan fingerprint density at radius 3 is 2.14 bits per heavy atom. The largest absolute Gasteiger partial charge is 0.520 e. The summed E-state index contributed by atoms with van der Waals surface area (Å²) in [7, 11) is 13.7. The van der Waals surface area contributed by atoms with Crippen LogP contribution in [0.15, 0.2) is 22.1 Å². The number of thiazole rings is 2. The fraction of sp³-hybridized carbons (Fsp3) is 0.417. The number of aliphatic hydroxyl groups excluding tert-OH is 1. The van der Waals surface area contributed by atoms with Gasteiger partial charge in [-0.3, -0.25) is 37.3 Å². The van der Waals surface area contributed by atoms with Gasteiger partial charge in [-0.1, -0.05) is 0 Å². The second kappa shape index (κ2) is 20.1. The molecule has 3 aromatic rings. The van der Waals surface area contributed by atoms with E-state index in [1.54, 1.807) is 11.2 Å². The molecule has 215 valence electrons. The van der Waals surface area contributed by atoms with Crippen LogP contribution < -0.4 is 16.1 Å². The number of carbonyl (C=O) groups is 2. The maximum atomic E-state index is 12.0. The second-order valence-corrected chi connectivity index (χ2v) is 11.9.